The van der Waals surface area contributed by atoms with Crippen molar-refractivity contribution in [2.45, 2.75) is 56.1 Å². The first-order chi connectivity index (χ1) is 20.0. The minimum Gasteiger partial charge on any atom is -0.357 e. The monoisotopic (exact) mass is 576 g/mol. The maximum Gasteiger partial charge on any atom is 0.246 e. The SMILES string of the molecule is CNC(=O)[C@@H](Cc1ccc(F)c(F)c1)N(C)C(=O)[C@@H](Cc1ccc2ccccc2c1)N(C)C(=O)C=CCC1(N)CCC1. The average molecular weight is 577 g/mol. The maximum absolute atomic E-state index is 14.1. The van der Waals surface area contributed by atoms with Gasteiger partial charge in [-0.3, -0.25) is 14.4 Å². The number of rotatable bonds is 11. The lowest BCUT2D eigenvalue weighted by Crippen LogP contribution is -2.55. The van der Waals surface area contributed by atoms with E-state index in [0.717, 1.165) is 47.7 Å². The highest BCUT2D eigenvalue weighted by molar-refractivity contribution is 5.95. The largest absolute Gasteiger partial charge is 0.357 e. The van der Waals surface area contributed by atoms with Crippen molar-refractivity contribution in [3.8, 4) is 0 Å². The molecule has 3 aromatic rings. The van der Waals surface area contributed by atoms with Crippen LogP contribution in [0.15, 0.2) is 72.8 Å². The molecule has 3 amide bonds. The van der Waals surface area contributed by atoms with E-state index >= 15 is 0 Å². The van der Waals surface area contributed by atoms with Crippen LogP contribution >= 0.6 is 0 Å². The second-order valence-corrected chi connectivity index (χ2v) is 11.2. The molecular weight excluding hydrogens is 538 g/mol. The molecule has 42 heavy (non-hydrogen) atoms. The number of fused-ring (bicyclic) bond motifs is 1. The van der Waals surface area contributed by atoms with Crippen LogP contribution < -0.4 is 11.1 Å². The Hall–Kier alpha value is -4.11. The number of hydrogen-bond donors (Lipinski definition) is 2. The summed E-state index contributed by atoms with van der Waals surface area (Å²) in [6, 6.07) is 15.1. The van der Waals surface area contributed by atoms with E-state index in [9.17, 15) is 23.2 Å². The molecule has 4 rings (SSSR count). The summed E-state index contributed by atoms with van der Waals surface area (Å²) in [6.45, 7) is 0. The predicted octanol–water partition coefficient (Wildman–Crippen LogP) is 4.13. The van der Waals surface area contributed by atoms with Crippen molar-refractivity contribution >= 4 is 28.5 Å². The highest BCUT2D eigenvalue weighted by Crippen LogP contribution is 2.32. The fourth-order valence-corrected chi connectivity index (χ4v) is 5.33. The summed E-state index contributed by atoms with van der Waals surface area (Å²) < 4.78 is 27.5. The summed E-state index contributed by atoms with van der Waals surface area (Å²) in [6.07, 6.45) is 6.84. The molecule has 1 fully saturated rings. The average Bonchev–Trinajstić information content (AvgIpc) is 2.97. The highest BCUT2D eigenvalue weighted by Gasteiger charge is 2.35. The van der Waals surface area contributed by atoms with Gasteiger partial charge in [0.05, 0.1) is 0 Å². The van der Waals surface area contributed by atoms with Gasteiger partial charge in [0.25, 0.3) is 0 Å². The second-order valence-electron chi connectivity index (χ2n) is 11.2. The van der Waals surface area contributed by atoms with Crippen LogP contribution in [0.1, 0.15) is 36.8 Å². The standard InChI is InChI=1S/C33H38F2N4O3/c1-37-31(41)28(20-23-12-14-26(34)27(35)19-23)39(3)32(42)29(21-22-11-13-24-8-4-5-9-25(24)18-22)38(2)30(40)10-6-15-33(36)16-7-17-33/h4-6,8-14,18-19,28-29H,7,15-17,20-21,36H2,1-3H3,(H,37,41)/t28-,29-/m1/s1. The van der Waals surface area contributed by atoms with Crippen molar-refractivity contribution < 1.29 is 23.2 Å². The Morgan fingerprint density at radius 2 is 1.55 bits per heavy atom. The zero-order chi connectivity index (χ0) is 30.4. The summed E-state index contributed by atoms with van der Waals surface area (Å²) in [5.74, 6) is -3.33. The summed E-state index contributed by atoms with van der Waals surface area (Å²) in [5, 5.41) is 4.60. The van der Waals surface area contributed by atoms with Crippen LogP contribution in [0.4, 0.5) is 8.78 Å². The lowest BCUT2D eigenvalue weighted by Gasteiger charge is -2.37. The molecular formula is C33H38F2N4O3. The molecule has 0 radical (unpaired) electrons. The van der Waals surface area contributed by atoms with E-state index in [-0.39, 0.29) is 24.3 Å². The lowest BCUT2D eigenvalue weighted by molar-refractivity contribution is -0.146. The second kappa shape index (κ2) is 13.2. The molecule has 0 bridgehead atoms. The van der Waals surface area contributed by atoms with Gasteiger partial charge in [0.1, 0.15) is 12.1 Å². The van der Waals surface area contributed by atoms with E-state index in [2.05, 4.69) is 5.32 Å². The number of carbonyl (C=O) groups excluding carboxylic acids is 3. The van der Waals surface area contributed by atoms with Gasteiger partial charge >= 0.3 is 0 Å². The Balaban J connectivity index is 1.62. The van der Waals surface area contributed by atoms with Gasteiger partial charge in [-0.25, -0.2) is 8.78 Å². The molecule has 7 nitrogen and oxygen atoms in total. The number of nitrogens with one attached hydrogen (secondary N) is 1. The van der Waals surface area contributed by atoms with Crippen LogP contribution in [0.5, 0.6) is 0 Å². The molecule has 0 aromatic heterocycles. The van der Waals surface area contributed by atoms with Gasteiger partial charge in [-0.1, -0.05) is 54.6 Å². The van der Waals surface area contributed by atoms with Crippen LogP contribution in [0.25, 0.3) is 10.8 Å². The van der Waals surface area contributed by atoms with E-state index in [1.54, 1.807) is 13.1 Å². The van der Waals surface area contributed by atoms with Gasteiger partial charge in [-0.2, -0.15) is 0 Å². The molecule has 1 aliphatic carbocycles. The van der Waals surface area contributed by atoms with E-state index in [1.807, 2.05) is 42.5 Å². The van der Waals surface area contributed by atoms with E-state index in [0.29, 0.717) is 12.0 Å². The Morgan fingerprint density at radius 3 is 2.19 bits per heavy atom. The molecule has 3 N–H and O–H groups in total. The Morgan fingerprint density at radius 1 is 0.905 bits per heavy atom. The van der Waals surface area contributed by atoms with Crippen molar-refractivity contribution in [2.24, 2.45) is 5.73 Å². The van der Waals surface area contributed by atoms with Gasteiger partial charge in [0.2, 0.25) is 17.7 Å². The predicted molar refractivity (Wildman–Crippen MR) is 159 cm³/mol. The normalized spacial score (nSPS) is 15.6. The van der Waals surface area contributed by atoms with E-state index < -0.39 is 35.5 Å². The zero-order valence-corrected chi connectivity index (χ0v) is 24.3. The third kappa shape index (κ3) is 7.20. The fourth-order valence-electron chi connectivity index (χ4n) is 5.33. The quantitative estimate of drug-likeness (QED) is 0.336. The molecule has 0 unspecified atom stereocenters. The number of carbonyl (C=O) groups is 3. The summed E-state index contributed by atoms with van der Waals surface area (Å²) >= 11 is 0. The lowest BCUT2D eigenvalue weighted by atomic mass is 9.75. The number of likely N-dealkylation sites (N-methyl/N-ethyl adjacent to an activating group) is 3. The van der Waals surface area contributed by atoms with Crippen LogP contribution in [-0.4, -0.2) is 66.3 Å². The molecule has 2 atom stereocenters. The minimum atomic E-state index is -1.04. The van der Waals surface area contributed by atoms with Crippen molar-refractivity contribution in [1.29, 1.82) is 0 Å². The smallest absolute Gasteiger partial charge is 0.246 e. The van der Waals surface area contributed by atoms with Crippen LogP contribution in [0, 0.1) is 11.6 Å². The van der Waals surface area contributed by atoms with Crippen molar-refractivity contribution in [1.82, 2.24) is 15.1 Å². The van der Waals surface area contributed by atoms with Gasteiger partial charge in [0, 0.05) is 39.5 Å². The molecule has 222 valence electrons. The number of hydrogen-bond acceptors (Lipinski definition) is 4. The first-order valence-corrected chi connectivity index (χ1v) is 14.1. The number of halogens is 2. The van der Waals surface area contributed by atoms with Gasteiger partial charge < -0.3 is 20.9 Å². The molecule has 0 aliphatic heterocycles. The van der Waals surface area contributed by atoms with Crippen LogP contribution in [0.3, 0.4) is 0 Å². The third-order valence-electron chi connectivity index (χ3n) is 8.25. The van der Waals surface area contributed by atoms with Crippen molar-refractivity contribution in [3.05, 3.63) is 95.6 Å². The highest BCUT2D eigenvalue weighted by atomic mass is 19.2. The van der Waals surface area contributed by atoms with E-state index in [4.69, 9.17) is 5.73 Å². The van der Waals surface area contributed by atoms with Gasteiger partial charge in [0.15, 0.2) is 11.6 Å². The Kier molecular flexibility index (Phi) is 9.73. The van der Waals surface area contributed by atoms with Crippen LogP contribution in [-0.2, 0) is 27.2 Å². The van der Waals surface area contributed by atoms with E-state index in [1.165, 1.54) is 36.0 Å². The summed E-state index contributed by atoms with van der Waals surface area (Å²) in [7, 11) is 4.49. The molecule has 0 saturated heterocycles. The topological polar surface area (TPSA) is 95.7 Å². The molecule has 0 spiro atoms. The van der Waals surface area contributed by atoms with Crippen molar-refractivity contribution in [2.75, 3.05) is 21.1 Å². The Bertz CT molecular complexity index is 1490. The summed E-state index contributed by atoms with van der Waals surface area (Å²) in [4.78, 5) is 43.0. The van der Waals surface area contributed by atoms with Gasteiger partial charge in [-0.15, -0.1) is 0 Å². The number of nitrogens with two attached hydrogens (primary N) is 1. The third-order valence-corrected chi connectivity index (χ3v) is 8.25. The number of amides is 3. The van der Waals surface area contributed by atoms with Crippen LogP contribution in [0.2, 0.25) is 0 Å². The molecule has 3 aromatic carbocycles. The zero-order valence-electron chi connectivity index (χ0n) is 24.3. The first-order valence-electron chi connectivity index (χ1n) is 14.1. The Labute approximate surface area is 245 Å². The molecule has 0 heterocycles. The maximum atomic E-state index is 14.1. The molecule has 1 saturated carbocycles. The van der Waals surface area contributed by atoms with Crippen molar-refractivity contribution in [3.63, 3.8) is 0 Å². The number of nitrogens with zero attached hydrogens (tertiary/aromatic N) is 2. The molecule has 1 aliphatic rings. The number of benzene rings is 3. The minimum absolute atomic E-state index is 0.0437. The van der Waals surface area contributed by atoms with Gasteiger partial charge in [-0.05, 0) is 65.8 Å². The summed E-state index contributed by atoms with van der Waals surface area (Å²) in [5.41, 5.74) is 7.21. The molecule has 9 heteroatoms. The first kappa shape index (κ1) is 30.8. The fraction of sp³-hybridized carbons (Fsp3) is 0.364.